The van der Waals surface area contributed by atoms with Gasteiger partial charge in [0.15, 0.2) is 0 Å². The number of hydrazone groups is 1. The van der Waals surface area contributed by atoms with E-state index in [1.54, 1.807) is 18.2 Å². The maximum absolute atomic E-state index is 11.4. The molecule has 0 unspecified atom stereocenters. The summed E-state index contributed by atoms with van der Waals surface area (Å²) in [6.07, 6.45) is 2.53. The molecule has 106 valence electrons. The molecular weight excluding hydrogens is 301 g/mol. The summed E-state index contributed by atoms with van der Waals surface area (Å²) >= 11 is 11.8. The predicted octanol–water partition coefficient (Wildman–Crippen LogP) is 2.14. The highest BCUT2D eigenvalue weighted by Crippen LogP contribution is 2.21. The van der Waals surface area contributed by atoms with E-state index in [-0.39, 0.29) is 6.42 Å². The SMILES string of the molecule is C=CCNC(=O)CC(=O)N/N=C\c1c(Cl)cccc1Cl. The number of carbonyl (C=O) groups excluding carboxylic acids is 2. The number of hydrogen-bond acceptors (Lipinski definition) is 3. The number of nitrogens with zero attached hydrogens (tertiary/aromatic N) is 1. The average Bonchev–Trinajstić information content (AvgIpc) is 2.39. The summed E-state index contributed by atoms with van der Waals surface area (Å²) < 4.78 is 0. The summed E-state index contributed by atoms with van der Waals surface area (Å²) in [6, 6.07) is 5.00. The van der Waals surface area contributed by atoms with Crippen LogP contribution in [-0.4, -0.2) is 24.6 Å². The smallest absolute Gasteiger partial charge is 0.249 e. The third kappa shape index (κ3) is 5.42. The molecule has 0 saturated carbocycles. The number of amides is 2. The Balaban J connectivity index is 2.50. The van der Waals surface area contributed by atoms with Crippen LogP contribution in [0.4, 0.5) is 0 Å². The fraction of sp³-hybridized carbons (Fsp3) is 0.154. The van der Waals surface area contributed by atoms with Gasteiger partial charge >= 0.3 is 0 Å². The lowest BCUT2D eigenvalue weighted by molar-refractivity contribution is -0.129. The Labute approximate surface area is 126 Å². The first-order chi connectivity index (χ1) is 9.54. The third-order valence-electron chi connectivity index (χ3n) is 2.15. The molecule has 0 spiro atoms. The second-order valence-corrected chi connectivity index (χ2v) is 4.51. The van der Waals surface area contributed by atoms with E-state index < -0.39 is 11.8 Å². The molecule has 0 aliphatic heterocycles. The number of benzene rings is 1. The predicted molar refractivity (Wildman–Crippen MR) is 80.0 cm³/mol. The van der Waals surface area contributed by atoms with Crippen LogP contribution in [0.5, 0.6) is 0 Å². The second-order valence-electron chi connectivity index (χ2n) is 3.70. The fourth-order valence-electron chi connectivity index (χ4n) is 1.24. The van der Waals surface area contributed by atoms with Gasteiger partial charge in [0.25, 0.3) is 0 Å². The lowest BCUT2D eigenvalue weighted by atomic mass is 10.2. The number of hydrogen-bond donors (Lipinski definition) is 2. The number of halogens is 2. The van der Waals surface area contributed by atoms with Gasteiger partial charge < -0.3 is 5.32 Å². The van der Waals surface area contributed by atoms with E-state index in [0.717, 1.165) is 0 Å². The van der Waals surface area contributed by atoms with Crippen LogP contribution < -0.4 is 10.7 Å². The molecule has 0 aromatic heterocycles. The van der Waals surface area contributed by atoms with Gasteiger partial charge in [-0.2, -0.15) is 5.10 Å². The van der Waals surface area contributed by atoms with Gasteiger partial charge in [-0.25, -0.2) is 5.43 Å². The van der Waals surface area contributed by atoms with Gasteiger partial charge in [0.1, 0.15) is 6.42 Å². The molecule has 0 fully saturated rings. The highest BCUT2D eigenvalue weighted by molar-refractivity contribution is 6.38. The highest BCUT2D eigenvalue weighted by atomic mass is 35.5. The van der Waals surface area contributed by atoms with Crippen LogP contribution in [0.15, 0.2) is 36.0 Å². The zero-order valence-electron chi connectivity index (χ0n) is 10.5. The zero-order chi connectivity index (χ0) is 15.0. The van der Waals surface area contributed by atoms with Gasteiger partial charge in [-0.05, 0) is 12.1 Å². The molecule has 0 heterocycles. The highest BCUT2D eigenvalue weighted by Gasteiger charge is 2.07. The van der Waals surface area contributed by atoms with E-state index in [4.69, 9.17) is 23.2 Å². The lowest BCUT2D eigenvalue weighted by Crippen LogP contribution is -2.29. The zero-order valence-corrected chi connectivity index (χ0v) is 12.0. The summed E-state index contributed by atoms with van der Waals surface area (Å²) in [5.74, 6) is -0.945. The Morgan fingerprint density at radius 1 is 1.25 bits per heavy atom. The number of rotatable bonds is 6. The first-order valence-electron chi connectivity index (χ1n) is 5.68. The molecule has 5 nitrogen and oxygen atoms in total. The van der Waals surface area contributed by atoms with E-state index >= 15 is 0 Å². The van der Waals surface area contributed by atoms with Crippen LogP contribution >= 0.6 is 23.2 Å². The van der Waals surface area contributed by atoms with Crippen molar-refractivity contribution in [1.82, 2.24) is 10.7 Å². The summed E-state index contributed by atoms with van der Waals surface area (Å²) in [6.45, 7) is 3.76. The van der Waals surface area contributed by atoms with Crippen molar-refractivity contribution in [3.05, 3.63) is 46.5 Å². The molecule has 0 saturated heterocycles. The monoisotopic (exact) mass is 313 g/mol. The van der Waals surface area contributed by atoms with E-state index in [2.05, 4.69) is 22.4 Å². The standard InChI is InChI=1S/C13H13Cl2N3O2/c1-2-6-16-12(19)7-13(20)18-17-8-9-10(14)4-3-5-11(9)15/h2-5,8H,1,6-7H2,(H,16,19)(H,18,20)/b17-8-. The van der Waals surface area contributed by atoms with E-state index in [0.29, 0.717) is 22.2 Å². The second kappa shape index (κ2) is 8.35. The Hall–Kier alpha value is -1.85. The molecule has 0 aliphatic rings. The summed E-state index contributed by atoms with van der Waals surface area (Å²) in [5, 5.41) is 7.01. The molecule has 7 heteroatoms. The van der Waals surface area contributed by atoms with Gasteiger partial charge in [-0.1, -0.05) is 35.3 Å². The summed E-state index contributed by atoms with van der Waals surface area (Å²) in [5.41, 5.74) is 2.71. The van der Waals surface area contributed by atoms with Crippen LogP contribution in [0.2, 0.25) is 10.0 Å². The minimum atomic E-state index is -0.536. The largest absolute Gasteiger partial charge is 0.352 e. The molecule has 0 radical (unpaired) electrons. The molecular formula is C13H13Cl2N3O2. The van der Waals surface area contributed by atoms with Crippen molar-refractivity contribution in [2.45, 2.75) is 6.42 Å². The van der Waals surface area contributed by atoms with Gasteiger partial charge in [0.05, 0.1) is 16.3 Å². The molecule has 0 aliphatic carbocycles. The number of carbonyl (C=O) groups is 2. The maximum Gasteiger partial charge on any atom is 0.249 e. The normalized spacial score (nSPS) is 10.3. The van der Waals surface area contributed by atoms with Crippen molar-refractivity contribution >= 4 is 41.2 Å². The van der Waals surface area contributed by atoms with Gasteiger partial charge in [0, 0.05) is 12.1 Å². The first-order valence-corrected chi connectivity index (χ1v) is 6.43. The molecule has 1 aromatic rings. The van der Waals surface area contributed by atoms with Crippen LogP contribution in [0.3, 0.4) is 0 Å². The van der Waals surface area contributed by atoms with Crippen LogP contribution in [0.25, 0.3) is 0 Å². The lowest BCUT2D eigenvalue weighted by Gasteiger charge is -2.02. The van der Waals surface area contributed by atoms with Gasteiger partial charge in [-0.15, -0.1) is 6.58 Å². The summed E-state index contributed by atoms with van der Waals surface area (Å²) in [7, 11) is 0. The van der Waals surface area contributed by atoms with Crippen molar-refractivity contribution < 1.29 is 9.59 Å². The minimum Gasteiger partial charge on any atom is -0.352 e. The van der Waals surface area contributed by atoms with Crippen molar-refractivity contribution in [3.8, 4) is 0 Å². The average molecular weight is 314 g/mol. The van der Waals surface area contributed by atoms with Crippen molar-refractivity contribution in [1.29, 1.82) is 0 Å². The van der Waals surface area contributed by atoms with Crippen molar-refractivity contribution in [3.63, 3.8) is 0 Å². The molecule has 2 N–H and O–H groups in total. The minimum absolute atomic E-state index is 0.310. The van der Waals surface area contributed by atoms with Crippen molar-refractivity contribution in [2.24, 2.45) is 5.10 Å². The van der Waals surface area contributed by atoms with E-state index in [1.807, 2.05) is 0 Å². The van der Waals surface area contributed by atoms with Gasteiger partial charge in [-0.3, -0.25) is 9.59 Å². The molecule has 2 amide bonds. The fourth-order valence-corrected chi connectivity index (χ4v) is 1.73. The van der Waals surface area contributed by atoms with E-state index in [9.17, 15) is 9.59 Å². The molecule has 20 heavy (non-hydrogen) atoms. The molecule has 0 atom stereocenters. The van der Waals surface area contributed by atoms with Crippen molar-refractivity contribution in [2.75, 3.05) is 6.54 Å². The molecule has 0 bridgehead atoms. The Kier molecular flexibility index (Phi) is 6.76. The quantitative estimate of drug-likeness (QED) is 0.365. The maximum atomic E-state index is 11.4. The van der Waals surface area contributed by atoms with Crippen LogP contribution in [0.1, 0.15) is 12.0 Å². The molecule has 1 rings (SSSR count). The summed E-state index contributed by atoms with van der Waals surface area (Å²) in [4.78, 5) is 22.6. The van der Waals surface area contributed by atoms with Crippen LogP contribution in [0, 0.1) is 0 Å². The Morgan fingerprint density at radius 3 is 2.50 bits per heavy atom. The van der Waals surface area contributed by atoms with Gasteiger partial charge in [0.2, 0.25) is 11.8 Å². The van der Waals surface area contributed by atoms with E-state index in [1.165, 1.54) is 12.3 Å². The van der Waals surface area contributed by atoms with Crippen LogP contribution in [-0.2, 0) is 9.59 Å². The first kappa shape index (κ1) is 16.2. The Morgan fingerprint density at radius 2 is 1.90 bits per heavy atom. The topological polar surface area (TPSA) is 70.6 Å². The molecule has 1 aromatic carbocycles. The number of nitrogens with one attached hydrogen (secondary N) is 2. The Bertz CT molecular complexity index is 524. The third-order valence-corrected chi connectivity index (χ3v) is 2.81.